The second-order valence-electron chi connectivity index (χ2n) is 5.91. The molecule has 0 amide bonds. The molecule has 0 N–H and O–H groups in total. The zero-order valence-electron chi connectivity index (χ0n) is 13.5. The summed E-state index contributed by atoms with van der Waals surface area (Å²) >= 11 is 0. The van der Waals surface area contributed by atoms with Gasteiger partial charge < -0.3 is 14.2 Å². The maximum absolute atomic E-state index is 12.1. The molecule has 4 nitrogen and oxygen atoms in total. The molecule has 1 aromatic carbocycles. The zero-order chi connectivity index (χ0) is 16.0. The van der Waals surface area contributed by atoms with Gasteiger partial charge in [0, 0.05) is 6.42 Å². The molecule has 0 aliphatic carbocycles. The van der Waals surface area contributed by atoms with E-state index in [2.05, 4.69) is 0 Å². The van der Waals surface area contributed by atoms with Gasteiger partial charge in [0.25, 0.3) is 0 Å². The smallest absolute Gasteiger partial charge is 0.184 e. The zero-order valence-corrected chi connectivity index (χ0v) is 13.5. The Labute approximate surface area is 132 Å². The fourth-order valence-corrected chi connectivity index (χ4v) is 2.24. The molecule has 1 aliphatic heterocycles. The van der Waals surface area contributed by atoms with Crippen molar-refractivity contribution in [2.24, 2.45) is 0 Å². The van der Waals surface area contributed by atoms with Gasteiger partial charge in [-0.1, -0.05) is 36.4 Å². The van der Waals surface area contributed by atoms with E-state index in [1.165, 1.54) is 0 Å². The molecule has 1 saturated heterocycles. The van der Waals surface area contributed by atoms with E-state index in [-0.39, 0.29) is 11.9 Å². The molecule has 0 saturated carbocycles. The Bertz CT molecular complexity index is 507. The van der Waals surface area contributed by atoms with Crippen molar-refractivity contribution in [2.45, 2.75) is 51.8 Å². The number of ether oxygens (including phenoxy) is 3. The summed E-state index contributed by atoms with van der Waals surface area (Å²) in [5.74, 6) is -0.728. The van der Waals surface area contributed by atoms with Gasteiger partial charge in [0.05, 0.1) is 19.3 Å². The van der Waals surface area contributed by atoms with Crippen LogP contribution >= 0.6 is 0 Å². The molecule has 1 aliphatic rings. The molecular weight excluding hydrogens is 280 g/mol. The first-order valence-corrected chi connectivity index (χ1v) is 7.65. The highest BCUT2D eigenvalue weighted by molar-refractivity contribution is 5.93. The molecule has 0 bridgehead atoms. The number of ketones is 1. The topological polar surface area (TPSA) is 44.8 Å². The van der Waals surface area contributed by atoms with E-state index in [4.69, 9.17) is 14.2 Å². The fraction of sp³-hybridized carbons (Fsp3) is 0.500. The van der Waals surface area contributed by atoms with Gasteiger partial charge >= 0.3 is 0 Å². The number of rotatable bonds is 6. The first kappa shape index (κ1) is 16.9. The molecule has 0 aromatic heterocycles. The van der Waals surface area contributed by atoms with Crippen molar-refractivity contribution in [2.75, 3.05) is 6.61 Å². The number of hydrogen-bond donors (Lipinski definition) is 0. The SMILES string of the molecule is C[C@H](/C=C/C(=O)[C@@H]1CCOC(C)(C)O1)OCc1ccccc1. The van der Waals surface area contributed by atoms with Crippen LogP contribution in [0.3, 0.4) is 0 Å². The van der Waals surface area contributed by atoms with Crippen molar-refractivity contribution < 1.29 is 19.0 Å². The second-order valence-corrected chi connectivity index (χ2v) is 5.91. The van der Waals surface area contributed by atoms with Crippen molar-refractivity contribution in [1.29, 1.82) is 0 Å². The highest BCUT2D eigenvalue weighted by atomic mass is 16.7. The van der Waals surface area contributed by atoms with Gasteiger partial charge in [0.15, 0.2) is 11.6 Å². The molecule has 0 spiro atoms. The molecule has 1 aromatic rings. The summed E-state index contributed by atoms with van der Waals surface area (Å²) in [6.07, 6.45) is 3.36. The van der Waals surface area contributed by atoms with Gasteiger partial charge in [-0.25, -0.2) is 0 Å². The monoisotopic (exact) mass is 304 g/mol. The Morgan fingerprint density at radius 2 is 2.14 bits per heavy atom. The van der Waals surface area contributed by atoms with E-state index in [1.54, 1.807) is 12.2 Å². The van der Waals surface area contributed by atoms with Crippen molar-refractivity contribution in [3.8, 4) is 0 Å². The first-order valence-electron chi connectivity index (χ1n) is 7.65. The van der Waals surface area contributed by atoms with Crippen molar-refractivity contribution >= 4 is 5.78 Å². The van der Waals surface area contributed by atoms with Crippen LogP contribution in [-0.2, 0) is 25.6 Å². The third-order valence-corrected chi connectivity index (χ3v) is 3.46. The average molecular weight is 304 g/mol. The molecule has 1 fully saturated rings. The number of benzene rings is 1. The van der Waals surface area contributed by atoms with E-state index < -0.39 is 11.9 Å². The summed E-state index contributed by atoms with van der Waals surface area (Å²) in [6.45, 7) is 6.63. The molecule has 4 heteroatoms. The van der Waals surface area contributed by atoms with E-state index in [0.717, 1.165) is 5.56 Å². The maximum atomic E-state index is 12.1. The van der Waals surface area contributed by atoms with Crippen molar-refractivity contribution in [3.05, 3.63) is 48.0 Å². The van der Waals surface area contributed by atoms with Crippen molar-refractivity contribution in [3.63, 3.8) is 0 Å². The van der Waals surface area contributed by atoms with Gasteiger partial charge in [-0.05, 0) is 32.4 Å². The van der Waals surface area contributed by atoms with Crippen LogP contribution in [0.25, 0.3) is 0 Å². The van der Waals surface area contributed by atoms with Crippen LogP contribution in [0.15, 0.2) is 42.5 Å². The minimum atomic E-state index is -0.693. The summed E-state index contributed by atoms with van der Waals surface area (Å²) in [7, 11) is 0. The third-order valence-electron chi connectivity index (χ3n) is 3.46. The molecular formula is C18H24O4. The quantitative estimate of drug-likeness (QED) is 0.757. The maximum Gasteiger partial charge on any atom is 0.184 e. The normalized spacial score (nSPS) is 22.6. The first-order chi connectivity index (χ1) is 10.5. The van der Waals surface area contributed by atoms with Crippen LogP contribution in [0.4, 0.5) is 0 Å². The Morgan fingerprint density at radius 1 is 1.41 bits per heavy atom. The highest BCUT2D eigenvalue weighted by Gasteiger charge is 2.32. The number of carbonyl (C=O) groups is 1. The number of carbonyl (C=O) groups excluding carboxylic acids is 1. The van der Waals surface area contributed by atoms with Crippen LogP contribution in [-0.4, -0.2) is 30.4 Å². The predicted octanol–water partition coefficient (Wildman–Crippen LogP) is 3.26. The standard InChI is InChI=1S/C18H24O4/c1-14(20-13-15-7-5-4-6-8-15)9-10-16(19)17-11-12-21-18(2,3)22-17/h4-10,14,17H,11-13H2,1-3H3/b10-9+/t14-,17+/m1/s1. The third kappa shape index (κ3) is 5.37. The van der Waals surface area contributed by atoms with Crippen molar-refractivity contribution in [1.82, 2.24) is 0 Å². The lowest BCUT2D eigenvalue weighted by Gasteiger charge is -2.34. The summed E-state index contributed by atoms with van der Waals surface area (Å²) < 4.78 is 16.8. The van der Waals surface area contributed by atoms with E-state index in [0.29, 0.717) is 19.6 Å². The summed E-state index contributed by atoms with van der Waals surface area (Å²) in [5, 5.41) is 0. The van der Waals surface area contributed by atoms with E-state index in [9.17, 15) is 4.79 Å². The lowest BCUT2D eigenvalue weighted by molar-refractivity contribution is -0.266. The predicted molar refractivity (Wildman–Crippen MR) is 84.4 cm³/mol. The van der Waals surface area contributed by atoms with Gasteiger partial charge in [-0.15, -0.1) is 0 Å². The molecule has 0 radical (unpaired) electrons. The lowest BCUT2D eigenvalue weighted by Crippen LogP contribution is -2.42. The summed E-state index contributed by atoms with van der Waals surface area (Å²) in [6, 6.07) is 9.96. The summed E-state index contributed by atoms with van der Waals surface area (Å²) in [5.41, 5.74) is 1.11. The van der Waals surface area contributed by atoms with Gasteiger partial charge in [-0.3, -0.25) is 4.79 Å². The fourth-order valence-electron chi connectivity index (χ4n) is 2.24. The largest absolute Gasteiger partial charge is 0.370 e. The van der Waals surface area contributed by atoms with Crippen LogP contribution < -0.4 is 0 Å². The Balaban J connectivity index is 1.79. The lowest BCUT2D eigenvalue weighted by atomic mass is 10.1. The van der Waals surface area contributed by atoms with Gasteiger partial charge in [-0.2, -0.15) is 0 Å². The second kappa shape index (κ2) is 7.68. The Kier molecular flexibility index (Phi) is 5.89. The van der Waals surface area contributed by atoms with Crippen LogP contribution in [0.1, 0.15) is 32.8 Å². The summed E-state index contributed by atoms with van der Waals surface area (Å²) in [4.78, 5) is 12.1. The molecule has 120 valence electrons. The molecule has 2 rings (SSSR count). The van der Waals surface area contributed by atoms with Crippen LogP contribution in [0, 0.1) is 0 Å². The van der Waals surface area contributed by atoms with E-state index >= 15 is 0 Å². The molecule has 1 heterocycles. The number of hydrogen-bond acceptors (Lipinski definition) is 4. The minimum Gasteiger partial charge on any atom is -0.370 e. The minimum absolute atomic E-state index is 0.0356. The Hall–Kier alpha value is -1.49. The molecule has 2 atom stereocenters. The molecule has 0 unspecified atom stereocenters. The van der Waals surface area contributed by atoms with Gasteiger partial charge in [0.2, 0.25) is 0 Å². The average Bonchev–Trinajstić information content (AvgIpc) is 2.50. The Morgan fingerprint density at radius 3 is 2.82 bits per heavy atom. The van der Waals surface area contributed by atoms with Crippen LogP contribution in [0.2, 0.25) is 0 Å². The van der Waals surface area contributed by atoms with E-state index in [1.807, 2.05) is 51.1 Å². The molecule has 22 heavy (non-hydrogen) atoms. The highest BCUT2D eigenvalue weighted by Crippen LogP contribution is 2.22. The van der Waals surface area contributed by atoms with Gasteiger partial charge in [0.1, 0.15) is 6.10 Å². The van der Waals surface area contributed by atoms with Crippen LogP contribution in [0.5, 0.6) is 0 Å².